The Labute approximate surface area is 124 Å². The van der Waals surface area contributed by atoms with Crippen molar-refractivity contribution in [2.75, 3.05) is 38.7 Å². The summed E-state index contributed by atoms with van der Waals surface area (Å²) in [4.78, 5) is 16.0. The van der Waals surface area contributed by atoms with Crippen LogP contribution in [0.3, 0.4) is 0 Å². The van der Waals surface area contributed by atoms with Crippen LogP contribution in [0.25, 0.3) is 0 Å². The summed E-state index contributed by atoms with van der Waals surface area (Å²) in [6.07, 6.45) is 1.91. The zero-order valence-electron chi connectivity index (χ0n) is 12.7. The van der Waals surface area contributed by atoms with E-state index in [1.807, 2.05) is 10.7 Å². The molecule has 1 saturated heterocycles. The van der Waals surface area contributed by atoms with E-state index >= 15 is 0 Å². The van der Waals surface area contributed by atoms with Gasteiger partial charge in [0, 0.05) is 52.8 Å². The van der Waals surface area contributed by atoms with Gasteiger partial charge in [-0.2, -0.15) is 5.10 Å². The normalized spacial score (nSPS) is 23.9. The van der Waals surface area contributed by atoms with Crippen molar-refractivity contribution < 1.29 is 9.53 Å². The number of nitrogens with two attached hydrogens (primary N) is 1. The fourth-order valence-electron chi connectivity index (χ4n) is 2.89. The minimum absolute atomic E-state index is 0.0362. The van der Waals surface area contributed by atoms with Gasteiger partial charge in [-0.15, -0.1) is 0 Å². The minimum Gasteiger partial charge on any atom is -0.379 e. The highest BCUT2D eigenvalue weighted by molar-refractivity contribution is 5.96. The van der Waals surface area contributed by atoms with Gasteiger partial charge in [-0.3, -0.25) is 14.6 Å². The maximum atomic E-state index is 12.0. The largest absolute Gasteiger partial charge is 0.379 e. The lowest BCUT2D eigenvalue weighted by atomic mass is 10.1. The monoisotopic (exact) mass is 293 g/mol. The SMILES string of the molecule is COC1CN(CCc2cc3n(n2)CCC(N)C(=O)N3C)C1. The van der Waals surface area contributed by atoms with Gasteiger partial charge >= 0.3 is 0 Å². The van der Waals surface area contributed by atoms with Crippen LogP contribution in [0.4, 0.5) is 5.82 Å². The van der Waals surface area contributed by atoms with E-state index in [1.165, 1.54) is 0 Å². The predicted molar refractivity (Wildman–Crippen MR) is 79.2 cm³/mol. The molecular formula is C14H23N5O2. The Morgan fingerprint density at radius 2 is 2.24 bits per heavy atom. The second-order valence-electron chi connectivity index (χ2n) is 5.88. The molecule has 1 aromatic heterocycles. The Balaban J connectivity index is 1.62. The molecule has 1 amide bonds. The van der Waals surface area contributed by atoms with E-state index in [4.69, 9.17) is 10.5 Å². The highest BCUT2D eigenvalue weighted by Gasteiger charge is 2.28. The summed E-state index contributed by atoms with van der Waals surface area (Å²) in [6.45, 7) is 3.67. The Kier molecular flexibility index (Phi) is 3.97. The Bertz CT molecular complexity index is 523. The highest BCUT2D eigenvalue weighted by Crippen LogP contribution is 2.21. The Hall–Kier alpha value is -1.44. The molecule has 0 saturated carbocycles. The zero-order chi connectivity index (χ0) is 15.0. The molecule has 1 aromatic rings. The van der Waals surface area contributed by atoms with E-state index in [9.17, 15) is 4.79 Å². The first-order valence-corrected chi connectivity index (χ1v) is 7.43. The zero-order valence-corrected chi connectivity index (χ0v) is 12.7. The molecule has 3 heterocycles. The van der Waals surface area contributed by atoms with Crippen LogP contribution in [0.5, 0.6) is 0 Å². The predicted octanol–water partition coefficient (Wildman–Crippen LogP) is -0.550. The molecule has 21 heavy (non-hydrogen) atoms. The second kappa shape index (κ2) is 5.75. The van der Waals surface area contributed by atoms with E-state index < -0.39 is 6.04 Å². The van der Waals surface area contributed by atoms with E-state index in [0.29, 0.717) is 19.1 Å². The summed E-state index contributed by atoms with van der Waals surface area (Å²) in [7, 11) is 3.52. The molecule has 7 nitrogen and oxygen atoms in total. The topological polar surface area (TPSA) is 76.6 Å². The van der Waals surface area contributed by atoms with Crippen molar-refractivity contribution in [3.63, 3.8) is 0 Å². The molecular weight excluding hydrogens is 270 g/mol. The maximum absolute atomic E-state index is 12.0. The quantitative estimate of drug-likeness (QED) is 0.806. The summed E-state index contributed by atoms with van der Waals surface area (Å²) in [5, 5.41) is 4.61. The molecule has 1 fully saturated rings. The van der Waals surface area contributed by atoms with Crippen molar-refractivity contribution in [3.8, 4) is 0 Å². The molecule has 0 spiro atoms. The number of methoxy groups -OCH3 is 1. The maximum Gasteiger partial charge on any atom is 0.244 e. The van der Waals surface area contributed by atoms with Crippen molar-refractivity contribution in [1.29, 1.82) is 0 Å². The van der Waals surface area contributed by atoms with Crippen molar-refractivity contribution >= 4 is 11.7 Å². The number of amides is 1. The standard InChI is InChI=1S/C14H23N5O2/c1-17-13-7-10(3-5-18-8-11(9-18)21-2)16-19(13)6-4-12(15)14(17)20/h7,11-12H,3-6,8-9,15H2,1-2H3. The van der Waals surface area contributed by atoms with Crippen LogP contribution in [0.15, 0.2) is 6.07 Å². The molecule has 0 aliphatic carbocycles. The average molecular weight is 293 g/mol. The van der Waals surface area contributed by atoms with Crippen LogP contribution >= 0.6 is 0 Å². The summed E-state index contributed by atoms with van der Waals surface area (Å²) in [5.74, 6) is 0.812. The summed E-state index contributed by atoms with van der Waals surface area (Å²) < 4.78 is 7.16. The van der Waals surface area contributed by atoms with Gasteiger partial charge in [-0.05, 0) is 6.42 Å². The van der Waals surface area contributed by atoms with Gasteiger partial charge in [0.2, 0.25) is 5.91 Å². The van der Waals surface area contributed by atoms with Crippen LogP contribution < -0.4 is 10.6 Å². The highest BCUT2D eigenvalue weighted by atomic mass is 16.5. The number of rotatable bonds is 4. The van der Waals surface area contributed by atoms with Crippen LogP contribution in [0, 0.1) is 0 Å². The molecule has 1 unspecified atom stereocenters. The third-order valence-electron chi connectivity index (χ3n) is 4.39. The van der Waals surface area contributed by atoms with Gasteiger partial charge in [0.15, 0.2) is 0 Å². The lowest BCUT2D eigenvalue weighted by Gasteiger charge is -2.37. The van der Waals surface area contributed by atoms with Crippen molar-refractivity contribution in [3.05, 3.63) is 11.8 Å². The van der Waals surface area contributed by atoms with Gasteiger partial charge in [0.25, 0.3) is 0 Å². The molecule has 2 N–H and O–H groups in total. The molecule has 1 atom stereocenters. The average Bonchev–Trinajstić information content (AvgIpc) is 2.81. The molecule has 7 heteroatoms. The number of likely N-dealkylation sites (N-methyl/N-ethyl adjacent to an activating group) is 1. The van der Waals surface area contributed by atoms with Gasteiger partial charge < -0.3 is 10.5 Å². The Morgan fingerprint density at radius 1 is 1.48 bits per heavy atom. The number of likely N-dealkylation sites (tertiary alicyclic amines) is 1. The van der Waals surface area contributed by atoms with E-state index in [2.05, 4.69) is 10.00 Å². The summed E-state index contributed by atoms with van der Waals surface area (Å²) in [6, 6.07) is 1.58. The minimum atomic E-state index is -0.424. The van der Waals surface area contributed by atoms with Gasteiger partial charge in [0.1, 0.15) is 5.82 Å². The van der Waals surface area contributed by atoms with E-state index in [1.54, 1.807) is 19.1 Å². The number of hydrogen-bond acceptors (Lipinski definition) is 5. The van der Waals surface area contributed by atoms with Crippen LogP contribution in [0.2, 0.25) is 0 Å². The fraction of sp³-hybridized carbons (Fsp3) is 0.714. The molecule has 3 rings (SSSR count). The first-order chi connectivity index (χ1) is 10.1. The summed E-state index contributed by atoms with van der Waals surface area (Å²) in [5.41, 5.74) is 6.87. The number of hydrogen-bond donors (Lipinski definition) is 1. The Morgan fingerprint density at radius 3 is 2.95 bits per heavy atom. The number of aromatic nitrogens is 2. The first kappa shape index (κ1) is 14.5. The number of carbonyl (C=O) groups is 1. The fourth-order valence-corrected chi connectivity index (χ4v) is 2.89. The molecule has 2 aliphatic rings. The van der Waals surface area contributed by atoms with Crippen LogP contribution in [0.1, 0.15) is 12.1 Å². The number of aryl methyl sites for hydroxylation is 1. The molecule has 0 radical (unpaired) electrons. The number of fused-ring (bicyclic) bond motifs is 1. The molecule has 0 aromatic carbocycles. The lowest BCUT2D eigenvalue weighted by Crippen LogP contribution is -2.52. The van der Waals surface area contributed by atoms with Crippen molar-refractivity contribution in [2.45, 2.75) is 31.5 Å². The number of nitrogens with zero attached hydrogens (tertiary/aromatic N) is 4. The third-order valence-corrected chi connectivity index (χ3v) is 4.39. The van der Waals surface area contributed by atoms with Crippen LogP contribution in [-0.4, -0.2) is 66.5 Å². The molecule has 2 aliphatic heterocycles. The van der Waals surface area contributed by atoms with E-state index in [-0.39, 0.29) is 5.91 Å². The molecule has 116 valence electrons. The van der Waals surface area contributed by atoms with Crippen LogP contribution in [-0.2, 0) is 22.5 Å². The van der Waals surface area contributed by atoms with Gasteiger partial charge in [-0.25, -0.2) is 4.68 Å². The van der Waals surface area contributed by atoms with E-state index in [0.717, 1.165) is 37.6 Å². The number of carbonyl (C=O) groups excluding carboxylic acids is 1. The number of anilines is 1. The summed E-state index contributed by atoms with van der Waals surface area (Å²) >= 11 is 0. The smallest absolute Gasteiger partial charge is 0.244 e. The van der Waals surface area contributed by atoms with Crippen molar-refractivity contribution in [2.24, 2.45) is 5.73 Å². The molecule has 0 bridgehead atoms. The first-order valence-electron chi connectivity index (χ1n) is 7.43. The second-order valence-corrected chi connectivity index (χ2v) is 5.88. The van der Waals surface area contributed by atoms with Crippen molar-refractivity contribution in [1.82, 2.24) is 14.7 Å². The lowest BCUT2D eigenvalue weighted by molar-refractivity contribution is -0.119. The van der Waals surface area contributed by atoms with Gasteiger partial charge in [0.05, 0.1) is 17.8 Å². The van der Waals surface area contributed by atoms with Gasteiger partial charge in [-0.1, -0.05) is 0 Å². The number of ether oxygens (including phenoxy) is 1. The third kappa shape index (κ3) is 2.81.